The highest BCUT2D eigenvalue weighted by atomic mass is 19.4. The number of benzene rings is 1. The maximum absolute atomic E-state index is 14.4. The average molecular weight is 528 g/mol. The van der Waals surface area contributed by atoms with Crippen molar-refractivity contribution in [3.63, 3.8) is 0 Å². The number of aromatic nitrogens is 4. The van der Waals surface area contributed by atoms with E-state index in [0.29, 0.717) is 0 Å². The number of aromatic carboxylic acids is 1. The first-order chi connectivity index (χ1) is 17.5. The van der Waals surface area contributed by atoms with Crippen molar-refractivity contribution in [2.45, 2.75) is 25.6 Å². The molecule has 37 heavy (non-hydrogen) atoms. The molecule has 15 heteroatoms. The van der Waals surface area contributed by atoms with Crippen LogP contribution in [-0.4, -0.2) is 57.1 Å². The molecule has 4 rings (SSSR count). The second-order valence-corrected chi connectivity index (χ2v) is 7.99. The van der Waals surface area contributed by atoms with Gasteiger partial charge in [0.05, 0.1) is 12.1 Å². The summed E-state index contributed by atoms with van der Waals surface area (Å²) in [5.41, 5.74) is -0.143. The van der Waals surface area contributed by atoms with Crippen molar-refractivity contribution in [2.75, 3.05) is 23.3 Å². The summed E-state index contributed by atoms with van der Waals surface area (Å²) >= 11 is 0. The lowest BCUT2D eigenvalue weighted by atomic mass is 9.96. The topological polar surface area (TPSA) is 113 Å². The Bertz CT molecular complexity index is 1270. The molecule has 0 unspecified atom stereocenters. The van der Waals surface area contributed by atoms with E-state index in [1.807, 2.05) is 0 Å². The molecule has 1 aliphatic heterocycles. The van der Waals surface area contributed by atoms with Crippen molar-refractivity contribution >= 4 is 23.6 Å². The maximum atomic E-state index is 14.4. The van der Waals surface area contributed by atoms with E-state index >= 15 is 0 Å². The molecule has 0 bridgehead atoms. The van der Waals surface area contributed by atoms with Crippen LogP contribution in [0.25, 0.3) is 11.1 Å². The Kier molecular flexibility index (Phi) is 7.31. The zero-order chi connectivity index (χ0) is 26.7. The van der Waals surface area contributed by atoms with Gasteiger partial charge in [0.15, 0.2) is 23.1 Å². The number of halogens is 6. The van der Waals surface area contributed by atoms with E-state index in [4.69, 9.17) is 0 Å². The molecular weight excluding hydrogens is 510 g/mol. The van der Waals surface area contributed by atoms with Gasteiger partial charge in [0.25, 0.3) is 0 Å². The number of piperidine rings is 1. The fourth-order valence-corrected chi connectivity index (χ4v) is 3.77. The summed E-state index contributed by atoms with van der Waals surface area (Å²) in [6.45, 7) is -2.99. The molecule has 196 valence electrons. The van der Waals surface area contributed by atoms with Crippen molar-refractivity contribution in [3.8, 4) is 16.9 Å². The van der Waals surface area contributed by atoms with Crippen molar-refractivity contribution < 1.29 is 41.0 Å². The van der Waals surface area contributed by atoms with Gasteiger partial charge in [0.2, 0.25) is 5.95 Å². The molecule has 1 saturated heterocycles. The average Bonchev–Trinajstić information content (AvgIpc) is 2.85. The second kappa shape index (κ2) is 10.4. The Morgan fingerprint density at radius 1 is 1.14 bits per heavy atom. The molecule has 1 aliphatic rings. The first kappa shape index (κ1) is 25.9. The van der Waals surface area contributed by atoms with E-state index in [1.165, 1.54) is 35.2 Å². The lowest BCUT2D eigenvalue weighted by Crippen LogP contribution is -2.39. The van der Waals surface area contributed by atoms with Gasteiger partial charge in [-0.1, -0.05) is 12.1 Å². The van der Waals surface area contributed by atoms with Crippen LogP contribution in [0.2, 0.25) is 0 Å². The van der Waals surface area contributed by atoms with Gasteiger partial charge >= 0.3 is 18.8 Å². The Hall–Kier alpha value is -4.17. The van der Waals surface area contributed by atoms with Crippen LogP contribution in [0.15, 0.2) is 36.5 Å². The number of alkyl halides is 5. The fraction of sp³-hybridized carbons (Fsp3) is 0.318. The van der Waals surface area contributed by atoms with E-state index in [0.717, 1.165) is 6.20 Å². The molecule has 9 nitrogen and oxygen atoms in total. The number of nitrogens with one attached hydrogen (secondary N) is 1. The van der Waals surface area contributed by atoms with E-state index in [9.17, 15) is 36.2 Å². The zero-order valence-corrected chi connectivity index (χ0v) is 18.7. The fourth-order valence-electron chi connectivity index (χ4n) is 3.77. The van der Waals surface area contributed by atoms with Crippen LogP contribution in [0.3, 0.4) is 0 Å². The van der Waals surface area contributed by atoms with Gasteiger partial charge < -0.3 is 20.1 Å². The summed E-state index contributed by atoms with van der Waals surface area (Å²) in [6.07, 6.45) is -3.75. The minimum atomic E-state index is -4.29. The highest BCUT2D eigenvalue weighted by Crippen LogP contribution is 2.35. The third kappa shape index (κ3) is 6.16. The SMILES string of the molecule is O=C(O)c1nnc(Nc2nc(N3CCC(C(F)(F)F)CC3)ncc2F)cc1-c1ccc(OC(F)F)cc1. The number of ether oxygens (including phenoxy) is 1. The zero-order valence-electron chi connectivity index (χ0n) is 18.7. The van der Waals surface area contributed by atoms with E-state index < -0.39 is 36.2 Å². The lowest BCUT2D eigenvalue weighted by molar-refractivity contribution is -0.179. The molecule has 3 heterocycles. The number of carboxylic acid groups (broad SMARTS) is 1. The van der Waals surface area contributed by atoms with Crippen LogP contribution in [0.4, 0.5) is 43.9 Å². The number of carbonyl (C=O) groups is 1. The van der Waals surface area contributed by atoms with Crippen molar-refractivity contribution in [1.82, 2.24) is 20.2 Å². The second-order valence-electron chi connectivity index (χ2n) is 7.99. The molecule has 3 aromatic rings. The quantitative estimate of drug-likeness (QED) is 0.414. The Balaban J connectivity index is 1.57. The van der Waals surface area contributed by atoms with Crippen LogP contribution in [0.5, 0.6) is 5.75 Å². The Morgan fingerprint density at radius 3 is 2.41 bits per heavy atom. The van der Waals surface area contributed by atoms with Crippen molar-refractivity contribution in [1.29, 1.82) is 0 Å². The molecule has 1 fully saturated rings. The standard InChI is InChI=1S/C22H18F6N6O3/c23-15-10-29-21(34-7-5-12(6-8-34)22(26,27)28)31-18(15)30-16-9-14(17(19(35)36)33-32-16)11-1-3-13(4-2-11)37-20(24)25/h1-4,9-10,12,20H,5-8H2,(H,35,36)(H,29,30,31,32). The summed E-state index contributed by atoms with van der Waals surface area (Å²) < 4.78 is 82.3. The number of hydrogen-bond donors (Lipinski definition) is 2. The first-order valence-corrected chi connectivity index (χ1v) is 10.8. The molecule has 0 spiro atoms. The summed E-state index contributed by atoms with van der Waals surface area (Å²) in [4.78, 5) is 21.0. The number of rotatable bonds is 7. The van der Waals surface area contributed by atoms with Crippen LogP contribution < -0.4 is 15.0 Å². The molecule has 2 N–H and O–H groups in total. The van der Waals surface area contributed by atoms with Crippen LogP contribution >= 0.6 is 0 Å². The third-order valence-corrected chi connectivity index (χ3v) is 5.61. The van der Waals surface area contributed by atoms with Gasteiger partial charge in [0, 0.05) is 18.7 Å². The summed E-state index contributed by atoms with van der Waals surface area (Å²) in [6, 6.07) is 6.32. The number of hydrogen-bond acceptors (Lipinski definition) is 8. The smallest absolute Gasteiger partial charge is 0.391 e. The lowest BCUT2D eigenvalue weighted by Gasteiger charge is -2.32. The van der Waals surface area contributed by atoms with E-state index in [1.54, 1.807) is 0 Å². The minimum Gasteiger partial charge on any atom is -0.476 e. The molecular formula is C22H18F6N6O3. The van der Waals surface area contributed by atoms with Gasteiger partial charge in [-0.2, -0.15) is 26.9 Å². The van der Waals surface area contributed by atoms with Gasteiger partial charge in [0.1, 0.15) is 5.75 Å². The summed E-state index contributed by atoms with van der Waals surface area (Å²) in [7, 11) is 0. The highest BCUT2D eigenvalue weighted by molar-refractivity contribution is 5.94. The van der Waals surface area contributed by atoms with E-state index in [-0.39, 0.29) is 60.4 Å². The van der Waals surface area contributed by atoms with Crippen molar-refractivity contribution in [3.05, 3.63) is 48.0 Å². The Morgan fingerprint density at radius 2 is 1.81 bits per heavy atom. The van der Waals surface area contributed by atoms with Gasteiger partial charge in [-0.15, -0.1) is 10.2 Å². The third-order valence-electron chi connectivity index (χ3n) is 5.61. The monoisotopic (exact) mass is 528 g/mol. The number of nitrogens with zero attached hydrogens (tertiary/aromatic N) is 5. The molecule has 0 saturated carbocycles. The highest BCUT2D eigenvalue weighted by Gasteiger charge is 2.41. The first-order valence-electron chi connectivity index (χ1n) is 10.8. The normalized spacial score (nSPS) is 14.6. The molecule has 2 aromatic heterocycles. The van der Waals surface area contributed by atoms with Crippen molar-refractivity contribution in [2.24, 2.45) is 5.92 Å². The number of anilines is 3. The van der Waals surface area contributed by atoms with Gasteiger partial charge in [-0.05, 0) is 36.6 Å². The van der Waals surface area contributed by atoms with Crippen LogP contribution in [-0.2, 0) is 0 Å². The minimum absolute atomic E-state index is 0.00878. The van der Waals surface area contributed by atoms with Gasteiger partial charge in [-0.3, -0.25) is 0 Å². The Labute approximate surface area is 205 Å². The summed E-state index contributed by atoms with van der Waals surface area (Å²) in [5.74, 6) is -4.34. The molecule has 1 aromatic carbocycles. The maximum Gasteiger partial charge on any atom is 0.391 e. The molecule has 0 amide bonds. The van der Waals surface area contributed by atoms with E-state index in [2.05, 4.69) is 30.2 Å². The van der Waals surface area contributed by atoms with Crippen LogP contribution in [0.1, 0.15) is 23.3 Å². The predicted molar refractivity (Wildman–Crippen MR) is 117 cm³/mol. The largest absolute Gasteiger partial charge is 0.476 e. The molecule has 0 radical (unpaired) electrons. The van der Waals surface area contributed by atoms with Gasteiger partial charge in [-0.25, -0.2) is 14.2 Å². The summed E-state index contributed by atoms with van der Waals surface area (Å²) in [5, 5.41) is 19.4. The molecule has 0 aliphatic carbocycles. The van der Waals surface area contributed by atoms with Crippen LogP contribution in [0, 0.1) is 11.7 Å². The predicted octanol–water partition coefficient (Wildman–Crippen LogP) is 4.89. The molecule has 0 atom stereocenters. The number of carboxylic acids is 1.